The second-order valence-electron chi connectivity index (χ2n) is 4.96. The Kier molecular flexibility index (Phi) is 4.64. The standard InChI is InChI=1S/C16H15BrO3S/c1-11-3-8-16(12(2)9-11)21(19,20)10-15(18)13-4-6-14(17)7-5-13/h3-9H,10H2,1-2H3. The van der Waals surface area contributed by atoms with Gasteiger partial charge in [-0.2, -0.15) is 0 Å². The van der Waals surface area contributed by atoms with Gasteiger partial charge in [0, 0.05) is 10.0 Å². The fraction of sp³-hybridized carbons (Fsp3) is 0.188. The molecule has 0 spiro atoms. The molecule has 2 aromatic carbocycles. The second kappa shape index (κ2) is 6.12. The number of carbonyl (C=O) groups is 1. The first-order chi connectivity index (χ1) is 9.79. The van der Waals surface area contributed by atoms with Crippen LogP contribution in [0.3, 0.4) is 0 Å². The number of rotatable bonds is 4. The zero-order chi connectivity index (χ0) is 15.6. The van der Waals surface area contributed by atoms with Gasteiger partial charge >= 0.3 is 0 Å². The molecule has 0 fully saturated rings. The molecule has 0 heterocycles. The molecule has 0 unspecified atom stereocenters. The van der Waals surface area contributed by atoms with E-state index >= 15 is 0 Å². The average Bonchev–Trinajstić information content (AvgIpc) is 2.38. The molecule has 0 aliphatic carbocycles. The average molecular weight is 367 g/mol. The highest BCUT2D eigenvalue weighted by Crippen LogP contribution is 2.19. The van der Waals surface area contributed by atoms with Gasteiger partial charge in [-0.25, -0.2) is 8.42 Å². The van der Waals surface area contributed by atoms with E-state index < -0.39 is 21.4 Å². The Morgan fingerprint density at radius 3 is 2.24 bits per heavy atom. The molecule has 0 N–H and O–H groups in total. The van der Waals surface area contributed by atoms with Crippen molar-refractivity contribution in [1.82, 2.24) is 0 Å². The molecule has 3 nitrogen and oxygen atoms in total. The fourth-order valence-corrected chi connectivity index (χ4v) is 3.87. The molecule has 0 saturated heterocycles. The molecule has 0 atom stereocenters. The minimum atomic E-state index is -3.63. The highest BCUT2D eigenvalue weighted by atomic mass is 79.9. The summed E-state index contributed by atoms with van der Waals surface area (Å²) in [5.74, 6) is -0.916. The molecular weight excluding hydrogens is 352 g/mol. The molecule has 0 radical (unpaired) electrons. The highest BCUT2D eigenvalue weighted by molar-refractivity contribution is 9.10. The molecule has 0 bridgehead atoms. The van der Waals surface area contributed by atoms with Crippen molar-refractivity contribution >= 4 is 31.6 Å². The normalized spacial score (nSPS) is 11.4. The summed E-state index contributed by atoms with van der Waals surface area (Å²) in [7, 11) is -3.63. The maximum absolute atomic E-state index is 12.4. The number of hydrogen-bond donors (Lipinski definition) is 0. The summed E-state index contributed by atoms with van der Waals surface area (Å²) in [6.07, 6.45) is 0. The predicted molar refractivity (Wildman–Crippen MR) is 86.4 cm³/mol. The zero-order valence-electron chi connectivity index (χ0n) is 11.8. The van der Waals surface area contributed by atoms with E-state index in [9.17, 15) is 13.2 Å². The van der Waals surface area contributed by atoms with E-state index in [2.05, 4.69) is 15.9 Å². The molecule has 0 saturated carbocycles. The molecule has 2 aromatic rings. The van der Waals surface area contributed by atoms with Crippen LogP contribution in [0, 0.1) is 13.8 Å². The van der Waals surface area contributed by atoms with Crippen molar-refractivity contribution in [3.05, 3.63) is 63.6 Å². The molecule has 0 aliphatic rings. The first kappa shape index (κ1) is 15.9. The Morgan fingerprint density at radius 2 is 1.67 bits per heavy atom. The molecular formula is C16H15BrO3S. The Hall–Kier alpha value is -1.46. The van der Waals surface area contributed by atoms with Crippen LogP contribution in [0.15, 0.2) is 51.8 Å². The zero-order valence-corrected chi connectivity index (χ0v) is 14.2. The van der Waals surface area contributed by atoms with Gasteiger partial charge in [0.2, 0.25) is 0 Å². The van der Waals surface area contributed by atoms with Crippen LogP contribution in [0.2, 0.25) is 0 Å². The predicted octanol–water partition coefficient (Wildman–Crippen LogP) is 3.72. The van der Waals surface area contributed by atoms with Crippen LogP contribution in [0.1, 0.15) is 21.5 Å². The smallest absolute Gasteiger partial charge is 0.186 e. The number of aryl methyl sites for hydroxylation is 2. The molecule has 0 aromatic heterocycles. The van der Waals surface area contributed by atoms with Crippen molar-refractivity contribution in [2.45, 2.75) is 18.7 Å². The topological polar surface area (TPSA) is 51.2 Å². The third-order valence-electron chi connectivity index (χ3n) is 3.15. The highest BCUT2D eigenvalue weighted by Gasteiger charge is 2.22. The maximum atomic E-state index is 12.4. The van der Waals surface area contributed by atoms with Gasteiger partial charge in [-0.15, -0.1) is 0 Å². The van der Waals surface area contributed by atoms with Crippen molar-refractivity contribution in [3.63, 3.8) is 0 Å². The van der Waals surface area contributed by atoms with E-state index in [0.29, 0.717) is 11.1 Å². The lowest BCUT2D eigenvalue weighted by Crippen LogP contribution is -2.17. The lowest BCUT2D eigenvalue weighted by molar-refractivity contribution is 0.102. The minimum absolute atomic E-state index is 0.221. The summed E-state index contributed by atoms with van der Waals surface area (Å²) < 4.78 is 25.6. The first-order valence-electron chi connectivity index (χ1n) is 6.38. The summed E-state index contributed by atoms with van der Waals surface area (Å²) in [5.41, 5.74) is 2.05. The maximum Gasteiger partial charge on any atom is 0.186 e. The van der Waals surface area contributed by atoms with Gasteiger partial charge in [0.25, 0.3) is 0 Å². The molecule has 0 aliphatic heterocycles. The fourth-order valence-electron chi connectivity index (χ4n) is 2.12. The van der Waals surface area contributed by atoms with Crippen LogP contribution >= 0.6 is 15.9 Å². The van der Waals surface area contributed by atoms with Gasteiger partial charge in [-0.3, -0.25) is 4.79 Å². The third kappa shape index (κ3) is 3.80. The van der Waals surface area contributed by atoms with E-state index in [1.165, 1.54) is 0 Å². The Labute approximate surface area is 133 Å². The number of hydrogen-bond acceptors (Lipinski definition) is 3. The number of halogens is 1. The van der Waals surface area contributed by atoms with Gasteiger partial charge in [-0.1, -0.05) is 45.8 Å². The van der Waals surface area contributed by atoms with Gasteiger partial charge in [0.15, 0.2) is 15.6 Å². The van der Waals surface area contributed by atoms with Crippen LogP contribution in [0.5, 0.6) is 0 Å². The van der Waals surface area contributed by atoms with Crippen molar-refractivity contribution in [3.8, 4) is 0 Å². The van der Waals surface area contributed by atoms with Crippen molar-refractivity contribution in [2.75, 3.05) is 5.75 Å². The first-order valence-corrected chi connectivity index (χ1v) is 8.83. The molecule has 5 heteroatoms. The largest absolute Gasteiger partial charge is 0.293 e. The molecule has 110 valence electrons. The second-order valence-corrected chi connectivity index (χ2v) is 7.83. The summed E-state index contributed by atoms with van der Waals surface area (Å²) >= 11 is 3.28. The minimum Gasteiger partial charge on any atom is -0.293 e. The van der Waals surface area contributed by atoms with Crippen LogP contribution in [-0.4, -0.2) is 20.0 Å². The molecule has 21 heavy (non-hydrogen) atoms. The number of sulfone groups is 1. The van der Waals surface area contributed by atoms with Crippen LogP contribution in [0.25, 0.3) is 0 Å². The van der Waals surface area contributed by atoms with Gasteiger partial charge in [-0.05, 0) is 37.6 Å². The van der Waals surface area contributed by atoms with Gasteiger partial charge in [0.1, 0.15) is 5.75 Å². The van der Waals surface area contributed by atoms with Crippen LogP contribution < -0.4 is 0 Å². The van der Waals surface area contributed by atoms with E-state index in [0.717, 1.165) is 10.0 Å². The van der Waals surface area contributed by atoms with E-state index in [4.69, 9.17) is 0 Å². The lowest BCUT2D eigenvalue weighted by atomic mass is 10.1. The summed E-state index contributed by atoms with van der Waals surface area (Å²) in [6, 6.07) is 11.8. The van der Waals surface area contributed by atoms with E-state index in [-0.39, 0.29) is 4.90 Å². The van der Waals surface area contributed by atoms with Gasteiger partial charge < -0.3 is 0 Å². The van der Waals surface area contributed by atoms with Crippen LogP contribution in [0.4, 0.5) is 0 Å². The lowest BCUT2D eigenvalue weighted by Gasteiger charge is -2.08. The number of Topliss-reactive ketones (excluding diaryl/α,β-unsaturated/α-hetero) is 1. The Balaban J connectivity index is 2.29. The summed E-state index contributed by atoms with van der Waals surface area (Å²) in [4.78, 5) is 12.3. The molecule has 0 amide bonds. The van der Waals surface area contributed by atoms with Crippen molar-refractivity contribution in [1.29, 1.82) is 0 Å². The third-order valence-corrected chi connectivity index (χ3v) is 5.45. The van der Waals surface area contributed by atoms with E-state index in [1.807, 2.05) is 6.92 Å². The molecule has 2 rings (SSSR count). The summed E-state index contributed by atoms with van der Waals surface area (Å²) in [5, 5.41) is 0. The number of ketones is 1. The van der Waals surface area contributed by atoms with Crippen LogP contribution in [-0.2, 0) is 9.84 Å². The van der Waals surface area contributed by atoms with Crippen molar-refractivity contribution < 1.29 is 13.2 Å². The Morgan fingerprint density at radius 1 is 1.05 bits per heavy atom. The quantitative estimate of drug-likeness (QED) is 0.774. The Bertz CT molecular complexity index is 778. The summed E-state index contributed by atoms with van der Waals surface area (Å²) in [6.45, 7) is 3.64. The van der Waals surface area contributed by atoms with Crippen molar-refractivity contribution in [2.24, 2.45) is 0 Å². The van der Waals surface area contributed by atoms with E-state index in [1.54, 1.807) is 49.4 Å². The number of carbonyl (C=O) groups excluding carboxylic acids is 1. The number of benzene rings is 2. The SMILES string of the molecule is Cc1ccc(S(=O)(=O)CC(=O)c2ccc(Br)cc2)c(C)c1. The van der Waals surface area contributed by atoms with Gasteiger partial charge in [0.05, 0.1) is 4.90 Å². The monoisotopic (exact) mass is 366 g/mol.